The molecular weight excluding hydrogens is 468 g/mol. The van der Waals surface area contributed by atoms with Gasteiger partial charge in [0.05, 0.1) is 25.2 Å². The third-order valence-corrected chi connectivity index (χ3v) is 5.70. The first kappa shape index (κ1) is 25.4. The minimum Gasteiger partial charge on any atom is -0.494 e. The predicted octanol–water partition coefficient (Wildman–Crippen LogP) is 4.21. The Hall–Kier alpha value is -3.18. The molecule has 0 aliphatic carbocycles. The number of nitrogens with one attached hydrogen (secondary N) is 4. The van der Waals surface area contributed by atoms with E-state index in [1.165, 1.54) is 0 Å². The number of rotatable bonds is 9. The molecule has 0 aliphatic rings. The van der Waals surface area contributed by atoms with Gasteiger partial charge in [-0.3, -0.25) is 10.3 Å². The number of thiocarbonyl (C=S) groups is 1. The summed E-state index contributed by atoms with van der Waals surface area (Å²) in [7, 11) is 0. The van der Waals surface area contributed by atoms with Crippen LogP contribution < -0.4 is 20.7 Å². The highest BCUT2D eigenvalue weighted by Gasteiger charge is 2.08. The van der Waals surface area contributed by atoms with Gasteiger partial charge in [-0.15, -0.1) is 0 Å². The Morgan fingerprint density at radius 1 is 1.12 bits per heavy atom. The van der Waals surface area contributed by atoms with Crippen LogP contribution in [0, 0.1) is 20.8 Å². The van der Waals surface area contributed by atoms with Gasteiger partial charge >= 0.3 is 0 Å². The van der Waals surface area contributed by atoms with Crippen molar-refractivity contribution in [3.8, 4) is 5.75 Å². The number of aromatic nitrogens is 4. The summed E-state index contributed by atoms with van der Waals surface area (Å²) in [5, 5.41) is 9.85. The number of hydrogen-bond donors (Lipinski definition) is 4. The Bertz CT molecular complexity index is 1090. The van der Waals surface area contributed by atoms with E-state index in [-0.39, 0.29) is 0 Å². The van der Waals surface area contributed by atoms with E-state index in [1.54, 1.807) is 18.1 Å². The molecule has 1 aromatic carbocycles. The molecule has 0 aliphatic heterocycles. The highest BCUT2D eigenvalue weighted by Crippen LogP contribution is 2.15. The van der Waals surface area contributed by atoms with Gasteiger partial charge in [-0.25, -0.2) is 15.0 Å². The number of nitrogens with zero attached hydrogens (tertiary/aromatic N) is 4. The number of benzene rings is 1. The largest absolute Gasteiger partial charge is 0.494 e. The molecule has 0 unspecified atom stereocenters. The van der Waals surface area contributed by atoms with Crippen LogP contribution in [0.2, 0.25) is 0 Å². The van der Waals surface area contributed by atoms with E-state index in [1.807, 2.05) is 58.0 Å². The number of imidazole rings is 1. The lowest BCUT2D eigenvalue weighted by Crippen LogP contribution is -2.39. The van der Waals surface area contributed by atoms with E-state index in [2.05, 4.69) is 40.9 Å². The summed E-state index contributed by atoms with van der Waals surface area (Å²) < 4.78 is 5.48. The van der Waals surface area contributed by atoms with Gasteiger partial charge < -0.3 is 20.4 Å². The number of H-pyrrole nitrogens is 1. The van der Waals surface area contributed by atoms with Crippen LogP contribution in [0.1, 0.15) is 29.7 Å². The number of aliphatic imine (C=N–C) groups is 1. The van der Waals surface area contributed by atoms with Crippen molar-refractivity contribution in [1.82, 2.24) is 25.3 Å². The number of aryl methyl sites for hydroxylation is 3. The molecule has 34 heavy (non-hydrogen) atoms. The van der Waals surface area contributed by atoms with E-state index in [9.17, 15) is 0 Å². The second kappa shape index (κ2) is 12.9. The lowest BCUT2D eigenvalue weighted by molar-refractivity contribution is 0.340. The van der Waals surface area contributed by atoms with Crippen LogP contribution in [0.3, 0.4) is 0 Å². The molecule has 0 radical (unpaired) electrons. The molecule has 11 heteroatoms. The maximum atomic E-state index is 5.50. The van der Waals surface area contributed by atoms with Crippen LogP contribution in [0.25, 0.3) is 0 Å². The van der Waals surface area contributed by atoms with Crippen LogP contribution in [0.5, 0.6) is 5.75 Å². The zero-order valence-corrected chi connectivity index (χ0v) is 21.4. The van der Waals surface area contributed by atoms with Crippen LogP contribution in [0.4, 0.5) is 11.6 Å². The number of hydrogen-bond acceptors (Lipinski definition) is 7. The second-order valence-electron chi connectivity index (χ2n) is 7.39. The van der Waals surface area contributed by atoms with Crippen molar-refractivity contribution in [3.05, 3.63) is 59.4 Å². The number of aromatic amines is 1. The average Bonchev–Trinajstić information content (AvgIpc) is 3.19. The Morgan fingerprint density at radius 3 is 2.50 bits per heavy atom. The molecule has 0 amide bonds. The highest BCUT2D eigenvalue weighted by molar-refractivity contribution is 7.98. The van der Waals surface area contributed by atoms with E-state index in [0.717, 1.165) is 45.7 Å². The molecule has 9 nitrogen and oxygen atoms in total. The maximum absolute atomic E-state index is 5.50. The third kappa shape index (κ3) is 8.31. The van der Waals surface area contributed by atoms with Crippen molar-refractivity contribution in [2.24, 2.45) is 4.99 Å². The molecule has 0 fully saturated rings. The third-order valence-electron chi connectivity index (χ3n) is 4.55. The van der Waals surface area contributed by atoms with Crippen LogP contribution >= 0.6 is 24.0 Å². The van der Waals surface area contributed by atoms with Crippen molar-refractivity contribution in [1.29, 1.82) is 0 Å². The van der Waals surface area contributed by atoms with Gasteiger partial charge in [0, 0.05) is 34.3 Å². The summed E-state index contributed by atoms with van der Waals surface area (Å²) in [5.41, 5.74) is 4.74. The summed E-state index contributed by atoms with van der Waals surface area (Å²) >= 11 is 7.27. The van der Waals surface area contributed by atoms with Gasteiger partial charge in [0.15, 0.2) is 5.11 Å². The number of guanidine groups is 1. The molecule has 3 aromatic rings. The summed E-state index contributed by atoms with van der Waals surface area (Å²) in [6.45, 7) is 9.04. The molecule has 180 valence electrons. The van der Waals surface area contributed by atoms with Gasteiger partial charge in [-0.1, -0.05) is 0 Å². The van der Waals surface area contributed by atoms with Crippen molar-refractivity contribution < 1.29 is 4.74 Å². The first-order valence-corrected chi connectivity index (χ1v) is 12.5. The lowest BCUT2D eigenvalue weighted by Gasteiger charge is -2.14. The van der Waals surface area contributed by atoms with E-state index in [0.29, 0.717) is 30.2 Å². The molecule has 2 heterocycles. The molecule has 3 rings (SSSR count). The summed E-state index contributed by atoms with van der Waals surface area (Å²) in [6, 6.07) is 9.52. The zero-order chi connectivity index (χ0) is 24.3. The van der Waals surface area contributed by atoms with Gasteiger partial charge in [0.2, 0.25) is 11.9 Å². The maximum Gasteiger partial charge on any atom is 0.229 e. The topological polar surface area (TPSA) is 112 Å². The number of thioether (sulfide) groups is 1. The molecule has 0 bridgehead atoms. The Balaban J connectivity index is 1.61. The molecule has 0 spiro atoms. The molecule has 0 atom stereocenters. The quantitative estimate of drug-likeness (QED) is 0.149. The summed E-state index contributed by atoms with van der Waals surface area (Å²) in [4.78, 5) is 21.0. The smallest absolute Gasteiger partial charge is 0.229 e. The molecule has 0 saturated carbocycles. The monoisotopic (exact) mass is 498 g/mol. The van der Waals surface area contributed by atoms with Crippen LogP contribution in [-0.4, -0.2) is 49.9 Å². The Morgan fingerprint density at radius 2 is 1.85 bits per heavy atom. The molecular formula is C23H30N8OS2. The standard InChI is InChI=1S/C23H30N8OS2/c1-5-32-19-8-6-18(7-9-19)29-23(33)31-21(30-22-27-15(2)12-16(3)28-22)24-10-11-34-13-20-17(4)25-14-26-20/h6-9,12,14H,5,10-11,13H2,1-4H3,(H,25,26)(H3,24,27,28,29,30,31,33). The molecule has 4 N–H and O–H groups in total. The normalized spacial score (nSPS) is 11.2. The number of ether oxygens (including phenoxy) is 1. The minimum absolute atomic E-state index is 0.402. The molecule has 0 saturated heterocycles. The van der Waals surface area contributed by atoms with Gasteiger partial charge in [-0.05, 0) is 70.2 Å². The summed E-state index contributed by atoms with van der Waals surface area (Å²) in [6.07, 6.45) is 1.72. The minimum atomic E-state index is 0.402. The molecule has 2 aromatic heterocycles. The first-order valence-electron chi connectivity index (χ1n) is 10.9. The highest BCUT2D eigenvalue weighted by atomic mass is 32.2. The summed E-state index contributed by atoms with van der Waals surface area (Å²) in [5.74, 6) is 3.41. The fourth-order valence-electron chi connectivity index (χ4n) is 2.99. The predicted molar refractivity (Wildman–Crippen MR) is 144 cm³/mol. The zero-order valence-electron chi connectivity index (χ0n) is 19.8. The Labute approximate surface area is 209 Å². The number of anilines is 2. The van der Waals surface area contributed by atoms with Crippen molar-refractivity contribution >= 4 is 46.7 Å². The lowest BCUT2D eigenvalue weighted by atomic mass is 10.3. The fourth-order valence-corrected chi connectivity index (χ4v) is 4.06. The average molecular weight is 499 g/mol. The van der Waals surface area contributed by atoms with Crippen LogP contribution in [0.15, 0.2) is 41.7 Å². The van der Waals surface area contributed by atoms with Gasteiger partial charge in [0.1, 0.15) is 5.75 Å². The van der Waals surface area contributed by atoms with Gasteiger partial charge in [0.25, 0.3) is 0 Å². The van der Waals surface area contributed by atoms with E-state index < -0.39 is 0 Å². The SMILES string of the molecule is CCOc1ccc(NC(=S)NC(=NCCSCc2nc[nH]c2C)Nc2nc(C)cc(C)n2)cc1. The second-order valence-corrected chi connectivity index (χ2v) is 8.91. The van der Waals surface area contributed by atoms with E-state index >= 15 is 0 Å². The first-order chi connectivity index (χ1) is 16.4. The van der Waals surface area contributed by atoms with Crippen molar-refractivity contribution in [2.75, 3.05) is 29.5 Å². The Kier molecular flexibility index (Phi) is 9.65. The fraction of sp³-hybridized carbons (Fsp3) is 0.348. The van der Waals surface area contributed by atoms with Crippen molar-refractivity contribution in [3.63, 3.8) is 0 Å². The van der Waals surface area contributed by atoms with Gasteiger partial charge in [-0.2, -0.15) is 11.8 Å². The van der Waals surface area contributed by atoms with Crippen LogP contribution in [-0.2, 0) is 5.75 Å². The van der Waals surface area contributed by atoms with Crippen molar-refractivity contribution in [2.45, 2.75) is 33.4 Å². The van der Waals surface area contributed by atoms with E-state index in [4.69, 9.17) is 17.0 Å².